The highest BCUT2D eigenvalue weighted by atomic mass is 19.4. The van der Waals surface area contributed by atoms with Crippen LogP contribution in [0.15, 0.2) is 24.3 Å². The maximum atomic E-state index is 12.6. The molecule has 0 amide bonds. The minimum absolute atomic E-state index is 0.396. The lowest BCUT2D eigenvalue weighted by Crippen LogP contribution is -2.41. The molecule has 1 unspecified atom stereocenters. The number of nitrogens with two attached hydrogens (primary N) is 1. The average molecular weight is 255 g/mol. The Morgan fingerprint density at radius 3 is 2.18 bits per heavy atom. The number of alkyl halides is 5. The van der Waals surface area contributed by atoms with E-state index in [-0.39, 0.29) is 0 Å². The smallest absolute Gasteiger partial charge is 0.405 e. The molecule has 0 aromatic heterocycles. The highest BCUT2D eigenvalue weighted by Gasteiger charge is 2.38. The highest BCUT2D eigenvalue weighted by molar-refractivity contribution is 5.39. The van der Waals surface area contributed by atoms with Crippen molar-refractivity contribution in [3.63, 3.8) is 0 Å². The molecular weight excluding hydrogens is 245 g/mol. The molecule has 1 aromatic rings. The van der Waals surface area contributed by atoms with Crippen molar-refractivity contribution in [3.8, 4) is 5.75 Å². The monoisotopic (exact) mass is 255 g/mol. The molecule has 0 fully saturated rings. The van der Waals surface area contributed by atoms with Crippen LogP contribution in [0.2, 0.25) is 0 Å². The molecule has 0 spiro atoms. The summed E-state index contributed by atoms with van der Waals surface area (Å²) in [7, 11) is 0. The first-order valence-corrected chi connectivity index (χ1v) is 4.57. The number of benzene rings is 1. The van der Waals surface area contributed by atoms with Crippen molar-refractivity contribution < 1.29 is 26.7 Å². The summed E-state index contributed by atoms with van der Waals surface area (Å²) >= 11 is 0. The maximum Gasteiger partial charge on any atom is 0.573 e. The molecule has 2 N–H and O–H groups in total. The molecule has 0 radical (unpaired) electrons. The highest BCUT2D eigenvalue weighted by Crippen LogP contribution is 2.35. The van der Waals surface area contributed by atoms with Crippen LogP contribution in [-0.2, 0) is 5.54 Å². The molecule has 0 aliphatic rings. The van der Waals surface area contributed by atoms with Crippen molar-refractivity contribution in [2.75, 3.05) is 0 Å². The second-order valence-corrected chi connectivity index (χ2v) is 3.63. The summed E-state index contributed by atoms with van der Waals surface area (Å²) in [5.74, 6) is -0.717. The Bertz CT molecular complexity index is 389. The van der Waals surface area contributed by atoms with Gasteiger partial charge in [-0.25, -0.2) is 8.78 Å². The van der Waals surface area contributed by atoms with E-state index < -0.39 is 29.6 Å². The number of halogens is 5. The topological polar surface area (TPSA) is 35.2 Å². The van der Waals surface area contributed by atoms with Crippen LogP contribution in [0.4, 0.5) is 22.0 Å². The Balaban J connectivity index is 3.17. The third-order valence-corrected chi connectivity index (χ3v) is 2.15. The summed E-state index contributed by atoms with van der Waals surface area (Å²) in [6, 6.07) is 4.57. The van der Waals surface area contributed by atoms with Gasteiger partial charge in [0.2, 0.25) is 0 Å². The Morgan fingerprint density at radius 1 is 1.18 bits per heavy atom. The number of rotatable bonds is 3. The molecule has 0 aliphatic heterocycles. The van der Waals surface area contributed by atoms with Crippen LogP contribution in [0.5, 0.6) is 5.75 Å². The SMILES string of the molecule is CC(N)(c1ccccc1OC(F)(F)F)C(F)F. The van der Waals surface area contributed by atoms with E-state index in [1.165, 1.54) is 12.1 Å². The zero-order valence-corrected chi connectivity index (χ0v) is 8.76. The van der Waals surface area contributed by atoms with Crippen molar-refractivity contribution in [1.82, 2.24) is 0 Å². The molecule has 2 nitrogen and oxygen atoms in total. The summed E-state index contributed by atoms with van der Waals surface area (Å²) in [5.41, 5.74) is 2.70. The minimum Gasteiger partial charge on any atom is -0.405 e. The molecule has 1 atom stereocenters. The molecule has 0 bridgehead atoms. The fourth-order valence-electron chi connectivity index (χ4n) is 1.24. The second-order valence-electron chi connectivity index (χ2n) is 3.63. The van der Waals surface area contributed by atoms with Gasteiger partial charge in [0.05, 0.1) is 0 Å². The third kappa shape index (κ3) is 3.29. The van der Waals surface area contributed by atoms with Gasteiger partial charge in [-0.1, -0.05) is 18.2 Å². The van der Waals surface area contributed by atoms with Gasteiger partial charge >= 0.3 is 6.36 Å². The van der Waals surface area contributed by atoms with Crippen LogP contribution in [0.1, 0.15) is 12.5 Å². The van der Waals surface area contributed by atoms with E-state index in [1.54, 1.807) is 0 Å². The molecule has 0 saturated heterocycles. The predicted molar refractivity (Wildman–Crippen MR) is 50.7 cm³/mol. The number of ether oxygens (including phenoxy) is 1. The Hall–Kier alpha value is -1.37. The van der Waals surface area contributed by atoms with Crippen LogP contribution < -0.4 is 10.5 Å². The molecule has 17 heavy (non-hydrogen) atoms. The summed E-state index contributed by atoms with van der Waals surface area (Å²) in [4.78, 5) is 0. The largest absolute Gasteiger partial charge is 0.573 e. The summed E-state index contributed by atoms with van der Waals surface area (Å²) in [6.07, 6.45) is -7.96. The van der Waals surface area contributed by atoms with Crippen molar-refractivity contribution in [3.05, 3.63) is 29.8 Å². The minimum atomic E-state index is -4.95. The van der Waals surface area contributed by atoms with Gasteiger partial charge in [-0.15, -0.1) is 13.2 Å². The van der Waals surface area contributed by atoms with Gasteiger partial charge in [0.1, 0.15) is 11.3 Å². The summed E-state index contributed by atoms with van der Waals surface area (Å²) < 4.78 is 65.1. The lowest BCUT2D eigenvalue weighted by Gasteiger charge is -2.26. The number of hydrogen-bond acceptors (Lipinski definition) is 2. The van der Waals surface area contributed by atoms with Crippen LogP contribution in [-0.4, -0.2) is 12.8 Å². The second kappa shape index (κ2) is 4.48. The van der Waals surface area contributed by atoms with Gasteiger partial charge in [0.25, 0.3) is 6.43 Å². The van der Waals surface area contributed by atoms with Gasteiger partial charge in [0.15, 0.2) is 0 Å². The zero-order chi connectivity index (χ0) is 13.3. The van der Waals surface area contributed by atoms with Gasteiger partial charge < -0.3 is 10.5 Å². The van der Waals surface area contributed by atoms with Crippen LogP contribution in [0.3, 0.4) is 0 Å². The van der Waals surface area contributed by atoms with E-state index in [4.69, 9.17) is 5.73 Å². The average Bonchev–Trinajstić information content (AvgIpc) is 2.15. The maximum absolute atomic E-state index is 12.6. The zero-order valence-electron chi connectivity index (χ0n) is 8.76. The molecule has 1 aromatic carbocycles. The molecular formula is C10H10F5NO. The first-order chi connectivity index (χ1) is 7.64. The van der Waals surface area contributed by atoms with E-state index in [9.17, 15) is 22.0 Å². The Morgan fingerprint density at radius 2 is 1.71 bits per heavy atom. The quantitative estimate of drug-likeness (QED) is 0.842. The molecule has 0 heterocycles. The summed E-state index contributed by atoms with van der Waals surface area (Å²) in [6.45, 7) is 0.941. The molecule has 1 rings (SSSR count). The fraction of sp³-hybridized carbons (Fsp3) is 0.400. The van der Waals surface area contributed by atoms with Gasteiger partial charge in [0, 0.05) is 5.56 Å². The first kappa shape index (κ1) is 13.7. The first-order valence-electron chi connectivity index (χ1n) is 4.57. The van der Waals surface area contributed by atoms with Crippen LogP contribution >= 0.6 is 0 Å². The van der Waals surface area contributed by atoms with Crippen molar-refractivity contribution in [2.24, 2.45) is 5.73 Å². The molecule has 96 valence electrons. The molecule has 0 aliphatic carbocycles. The van der Waals surface area contributed by atoms with Gasteiger partial charge in [-0.2, -0.15) is 0 Å². The Kier molecular flexibility index (Phi) is 3.61. The van der Waals surface area contributed by atoms with Crippen molar-refractivity contribution in [2.45, 2.75) is 25.3 Å². The van der Waals surface area contributed by atoms with Crippen LogP contribution in [0.25, 0.3) is 0 Å². The van der Waals surface area contributed by atoms with Gasteiger partial charge in [-0.3, -0.25) is 0 Å². The van der Waals surface area contributed by atoms with Crippen molar-refractivity contribution >= 4 is 0 Å². The molecule has 7 heteroatoms. The van der Waals surface area contributed by atoms with Crippen molar-refractivity contribution in [1.29, 1.82) is 0 Å². The standard InChI is InChI=1S/C10H10F5NO/c1-9(16,8(11)12)6-4-2-3-5-7(6)17-10(13,14)15/h2-5,8H,16H2,1H3. The lowest BCUT2D eigenvalue weighted by molar-refractivity contribution is -0.275. The molecule has 0 saturated carbocycles. The lowest BCUT2D eigenvalue weighted by atomic mass is 9.93. The fourth-order valence-corrected chi connectivity index (χ4v) is 1.24. The van der Waals surface area contributed by atoms with E-state index in [0.717, 1.165) is 19.1 Å². The van der Waals surface area contributed by atoms with E-state index in [2.05, 4.69) is 4.74 Å². The van der Waals surface area contributed by atoms with Crippen LogP contribution in [0, 0.1) is 0 Å². The normalized spacial score (nSPS) is 15.8. The summed E-state index contributed by atoms with van der Waals surface area (Å²) in [5, 5.41) is 0. The van der Waals surface area contributed by atoms with E-state index in [0.29, 0.717) is 0 Å². The Labute approximate surface area is 94.2 Å². The predicted octanol–water partition coefficient (Wildman–Crippen LogP) is 3.02. The van der Waals surface area contributed by atoms with Gasteiger partial charge in [-0.05, 0) is 13.0 Å². The number of hydrogen-bond donors (Lipinski definition) is 1. The third-order valence-electron chi connectivity index (χ3n) is 2.15. The van der Waals surface area contributed by atoms with E-state index >= 15 is 0 Å². The number of para-hydroxylation sites is 1. The van der Waals surface area contributed by atoms with E-state index in [1.807, 2.05) is 0 Å².